The number of hydrogen-bond acceptors (Lipinski definition) is 5. The average Bonchev–Trinajstić information content (AvgIpc) is 2.77. The number of sulfonamides is 1. The number of nitrogens with zero attached hydrogens (tertiary/aromatic N) is 2. The van der Waals surface area contributed by atoms with Crippen LogP contribution in [0.2, 0.25) is 0 Å². The van der Waals surface area contributed by atoms with Gasteiger partial charge in [0.15, 0.2) is 0 Å². The van der Waals surface area contributed by atoms with E-state index >= 15 is 0 Å². The van der Waals surface area contributed by atoms with Crippen molar-refractivity contribution in [2.45, 2.75) is 43.9 Å². The number of nitrogens with one attached hydrogen (secondary N) is 1. The molecular weight excluding hydrogens is 482 g/mol. The summed E-state index contributed by atoms with van der Waals surface area (Å²) in [7, 11) is -2.51. The number of methoxy groups -OCH3 is 1. The second-order valence-corrected chi connectivity index (χ2v) is 10.1. The van der Waals surface area contributed by atoms with Gasteiger partial charge in [0.1, 0.15) is 12.3 Å². The third kappa shape index (κ3) is 5.86. The minimum Gasteiger partial charge on any atom is -0.496 e. The first-order valence-electron chi connectivity index (χ1n) is 10.1. The van der Waals surface area contributed by atoms with Crippen LogP contribution < -0.4 is 14.5 Å². The monoisotopic (exact) mass is 507 g/mol. The molecule has 1 saturated carbocycles. The van der Waals surface area contributed by atoms with Crippen molar-refractivity contribution >= 4 is 43.3 Å². The minimum atomic E-state index is -4.01. The third-order valence-corrected chi connectivity index (χ3v) is 7.48. The molecule has 1 amide bonds. The summed E-state index contributed by atoms with van der Waals surface area (Å²) in [6.45, 7) is 1.53. The Balaban J connectivity index is 1.89. The molecule has 1 N–H and O–H groups in total. The molecule has 0 bridgehead atoms. The molecule has 1 fully saturated rings. The Bertz CT molecular complexity index is 1060. The zero-order valence-electron chi connectivity index (χ0n) is 17.6. The molecule has 9 heteroatoms. The summed E-state index contributed by atoms with van der Waals surface area (Å²) < 4.78 is 33.7. The van der Waals surface area contributed by atoms with Crippen molar-refractivity contribution in [3.8, 4) is 5.75 Å². The summed E-state index contributed by atoms with van der Waals surface area (Å²) in [5.41, 5.74) is 4.87. The van der Waals surface area contributed by atoms with Gasteiger partial charge in [-0.05, 0) is 78.9 Å². The van der Waals surface area contributed by atoms with Crippen molar-refractivity contribution in [3.05, 3.63) is 52.5 Å². The Labute approximate surface area is 191 Å². The van der Waals surface area contributed by atoms with E-state index in [1.807, 2.05) is 19.1 Å². The Morgan fingerprint density at radius 2 is 1.81 bits per heavy atom. The molecular formula is C22H26BrN3O4S. The molecule has 2 aromatic carbocycles. The highest BCUT2D eigenvalue weighted by Gasteiger charge is 2.28. The van der Waals surface area contributed by atoms with Crippen molar-refractivity contribution in [2.75, 3.05) is 18.0 Å². The molecule has 0 atom stereocenters. The largest absolute Gasteiger partial charge is 0.496 e. The Morgan fingerprint density at radius 1 is 1.13 bits per heavy atom. The molecule has 0 radical (unpaired) electrons. The van der Waals surface area contributed by atoms with Gasteiger partial charge in [0, 0.05) is 5.71 Å². The Kier molecular flexibility index (Phi) is 7.72. The smallest absolute Gasteiger partial charge is 0.264 e. The molecule has 0 heterocycles. The number of ether oxygens (including phenoxy) is 1. The van der Waals surface area contributed by atoms with Crippen LogP contribution in [-0.4, -0.2) is 33.7 Å². The second kappa shape index (κ2) is 10.3. The van der Waals surface area contributed by atoms with Crippen LogP contribution >= 0.6 is 15.9 Å². The van der Waals surface area contributed by atoms with Gasteiger partial charge in [-0.2, -0.15) is 5.10 Å². The number of anilines is 1. The van der Waals surface area contributed by atoms with Crippen LogP contribution in [0.5, 0.6) is 5.75 Å². The van der Waals surface area contributed by atoms with E-state index in [2.05, 4.69) is 26.5 Å². The fourth-order valence-electron chi connectivity index (χ4n) is 3.34. The maximum absolute atomic E-state index is 13.5. The number of amides is 1. The van der Waals surface area contributed by atoms with Gasteiger partial charge in [0.05, 0.1) is 22.2 Å². The maximum atomic E-state index is 13.5. The van der Waals surface area contributed by atoms with Crippen LogP contribution in [0.15, 0.2) is 56.9 Å². The molecule has 0 unspecified atom stereocenters. The summed E-state index contributed by atoms with van der Waals surface area (Å²) in [5.74, 6) is 0.0247. The van der Waals surface area contributed by atoms with E-state index in [-0.39, 0.29) is 11.4 Å². The highest BCUT2D eigenvalue weighted by molar-refractivity contribution is 9.10. The number of hydrazone groups is 1. The first-order chi connectivity index (χ1) is 14.8. The predicted octanol–water partition coefficient (Wildman–Crippen LogP) is 4.40. The number of carbonyl (C=O) groups excluding carboxylic acids is 1. The van der Waals surface area contributed by atoms with Crippen LogP contribution in [0.25, 0.3) is 0 Å². The van der Waals surface area contributed by atoms with Gasteiger partial charge >= 0.3 is 0 Å². The van der Waals surface area contributed by atoms with Crippen molar-refractivity contribution in [2.24, 2.45) is 5.10 Å². The third-order valence-electron chi connectivity index (χ3n) is 5.09. The van der Waals surface area contributed by atoms with Crippen LogP contribution in [0.4, 0.5) is 5.69 Å². The summed E-state index contributed by atoms with van der Waals surface area (Å²) in [6.07, 6.45) is 5.01. The molecule has 0 saturated heterocycles. The van der Waals surface area contributed by atoms with Crippen LogP contribution in [0, 0.1) is 6.92 Å². The summed E-state index contributed by atoms with van der Waals surface area (Å²) >= 11 is 3.33. The number of hydrogen-bond donors (Lipinski definition) is 1. The predicted molar refractivity (Wildman–Crippen MR) is 125 cm³/mol. The fourth-order valence-corrected chi connectivity index (χ4v) is 5.48. The molecule has 2 aromatic rings. The number of benzene rings is 2. The van der Waals surface area contributed by atoms with Crippen molar-refractivity contribution in [3.63, 3.8) is 0 Å². The fraction of sp³-hybridized carbons (Fsp3) is 0.364. The van der Waals surface area contributed by atoms with E-state index < -0.39 is 15.9 Å². The lowest BCUT2D eigenvalue weighted by Crippen LogP contribution is -2.39. The van der Waals surface area contributed by atoms with Crippen LogP contribution in [0.3, 0.4) is 0 Å². The van der Waals surface area contributed by atoms with Gasteiger partial charge in [-0.1, -0.05) is 24.1 Å². The number of carbonyl (C=O) groups is 1. The molecule has 166 valence electrons. The van der Waals surface area contributed by atoms with Gasteiger partial charge in [-0.15, -0.1) is 0 Å². The quantitative estimate of drug-likeness (QED) is 0.562. The molecule has 3 rings (SSSR count). The van der Waals surface area contributed by atoms with Gasteiger partial charge < -0.3 is 4.74 Å². The van der Waals surface area contributed by atoms with Gasteiger partial charge in [0.25, 0.3) is 15.9 Å². The van der Waals surface area contributed by atoms with E-state index in [1.165, 1.54) is 25.7 Å². The molecule has 7 nitrogen and oxygen atoms in total. The SMILES string of the molecule is COc1ccc(S(=O)(=O)N(CC(=O)NN=C2CCCCC2)c2ccc(C)cc2)cc1Br. The lowest BCUT2D eigenvalue weighted by atomic mass is 9.99. The van der Waals surface area contributed by atoms with Gasteiger partial charge in [-0.25, -0.2) is 13.8 Å². The first kappa shape index (κ1) is 23.3. The topological polar surface area (TPSA) is 88.1 Å². The normalized spacial score (nSPS) is 14.1. The Hall–Kier alpha value is -2.39. The molecule has 0 aromatic heterocycles. The molecule has 0 aliphatic heterocycles. The van der Waals surface area contributed by atoms with Crippen LogP contribution in [-0.2, 0) is 14.8 Å². The van der Waals surface area contributed by atoms with Gasteiger partial charge in [-0.3, -0.25) is 9.10 Å². The number of rotatable bonds is 7. The molecule has 0 spiro atoms. The zero-order chi connectivity index (χ0) is 22.4. The number of aryl methyl sites for hydroxylation is 1. The van der Waals surface area contributed by atoms with E-state index in [0.717, 1.165) is 41.3 Å². The highest BCUT2D eigenvalue weighted by Crippen LogP contribution is 2.30. The average molecular weight is 508 g/mol. The summed E-state index contributed by atoms with van der Waals surface area (Å²) in [5, 5.41) is 4.21. The van der Waals surface area contributed by atoms with Gasteiger partial charge in [0.2, 0.25) is 0 Å². The molecule has 1 aliphatic carbocycles. The van der Waals surface area contributed by atoms with E-state index in [0.29, 0.717) is 15.9 Å². The van der Waals surface area contributed by atoms with E-state index in [9.17, 15) is 13.2 Å². The number of halogens is 1. The Morgan fingerprint density at radius 3 is 2.42 bits per heavy atom. The molecule has 1 aliphatic rings. The summed E-state index contributed by atoms with van der Waals surface area (Å²) in [6, 6.07) is 11.5. The van der Waals surface area contributed by atoms with Crippen molar-refractivity contribution in [1.29, 1.82) is 0 Å². The molecule has 31 heavy (non-hydrogen) atoms. The maximum Gasteiger partial charge on any atom is 0.264 e. The lowest BCUT2D eigenvalue weighted by Gasteiger charge is -2.24. The summed E-state index contributed by atoms with van der Waals surface area (Å²) in [4.78, 5) is 12.7. The first-order valence-corrected chi connectivity index (χ1v) is 12.3. The minimum absolute atomic E-state index is 0.0483. The standard InChI is InChI=1S/C22H26BrN3O4S/c1-16-8-10-18(11-9-16)26(15-22(27)25-24-17-6-4-3-5-7-17)31(28,29)19-12-13-21(30-2)20(23)14-19/h8-14H,3-7,15H2,1-2H3,(H,25,27). The van der Waals surface area contributed by atoms with E-state index in [4.69, 9.17) is 4.74 Å². The lowest BCUT2D eigenvalue weighted by molar-refractivity contribution is -0.119. The van der Waals surface area contributed by atoms with Crippen molar-refractivity contribution in [1.82, 2.24) is 5.43 Å². The van der Waals surface area contributed by atoms with E-state index in [1.54, 1.807) is 18.2 Å². The van der Waals surface area contributed by atoms with Crippen LogP contribution in [0.1, 0.15) is 37.7 Å². The van der Waals surface area contributed by atoms with Crippen molar-refractivity contribution < 1.29 is 17.9 Å². The highest BCUT2D eigenvalue weighted by atomic mass is 79.9. The zero-order valence-corrected chi connectivity index (χ0v) is 20.0. The second-order valence-electron chi connectivity index (χ2n) is 7.42.